The van der Waals surface area contributed by atoms with E-state index in [9.17, 15) is 9.18 Å². The maximum atomic E-state index is 13.2. The monoisotopic (exact) mass is 264 g/mol. The molecule has 1 aromatic carbocycles. The third kappa shape index (κ3) is 3.80. The number of ether oxygens (including phenoxy) is 1. The van der Waals surface area contributed by atoms with Gasteiger partial charge < -0.3 is 14.6 Å². The van der Waals surface area contributed by atoms with Gasteiger partial charge in [-0.2, -0.15) is 0 Å². The van der Waals surface area contributed by atoms with E-state index in [-0.39, 0.29) is 24.8 Å². The van der Waals surface area contributed by atoms with Gasteiger partial charge >= 0.3 is 0 Å². The van der Waals surface area contributed by atoms with Crippen molar-refractivity contribution in [1.29, 1.82) is 0 Å². The van der Waals surface area contributed by atoms with E-state index in [0.29, 0.717) is 11.5 Å². The summed E-state index contributed by atoms with van der Waals surface area (Å²) in [5.41, 5.74) is 0.622. The molecule has 0 aliphatic heterocycles. The number of hydrogen-bond donors (Lipinski definition) is 1. The molecule has 0 aliphatic rings. The van der Waals surface area contributed by atoms with Crippen molar-refractivity contribution in [3.05, 3.63) is 47.6 Å². The molecule has 0 atom stereocenters. The first kappa shape index (κ1) is 13.1. The van der Waals surface area contributed by atoms with E-state index in [0.717, 1.165) is 0 Å². The van der Waals surface area contributed by atoms with Crippen LogP contribution in [0.15, 0.2) is 34.9 Å². The number of aromatic nitrogens is 1. The molecule has 19 heavy (non-hydrogen) atoms. The predicted octanol–water partition coefficient (Wildman–Crippen LogP) is 1.82. The second-order valence-corrected chi connectivity index (χ2v) is 3.92. The molecule has 0 bridgehead atoms. The number of nitrogens with one attached hydrogen (secondary N) is 1. The van der Waals surface area contributed by atoms with Gasteiger partial charge in [-0.3, -0.25) is 4.79 Å². The highest BCUT2D eigenvalue weighted by atomic mass is 19.1. The van der Waals surface area contributed by atoms with Gasteiger partial charge in [0.25, 0.3) is 5.91 Å². The number of hydrogen-bond acceptors (Lipinski definition) is 4. The zero-order chi connectivity index (χ0) is 13.7. The molecule has 0 unspecified atom stereocenters. The van der Waals surface area contributed by atoms with Crippen molar-refractivity contribution in [3.8, 4) is 5.75 Å². The summed E-state index contributed by atoms with van der Waals surface area (Å²) in [6.07, 6.45) is 0. The van der Waals surface area contributed by atoms with Gasteiger partial charge in [-0.05, 0) is 19.1 Å². The highest BCUT2D eigenvalue weighted by Crippen LogP contribution is 2.14. The van der Waals surface area contributed by atoms with Crippen molar-refractivity contribution in [2.45, 2.75) is 13.5 Å². The smallest absolute Gasteiger partial charge is 0.258 e. The zero-order valence-corrected chi connectivity index (χ0v) is 10.4. The van der Waals surface area contributed by atoms with Crippen molar-refractivity contribution in [2.24, 2.45) is 0 Å². The van der Waals surface area contributed by atoms with Crippen molar-refractivity contribution in [3.63, 3.8) is 0 Å². The quantitative estimate of drug-likeness (QED) is 0.894. The largest absolute Gasteiger partial charge is 0.481 e. The van der Waals surface area contributed by atoms with Crippen LogP contribution in [0.1, 0.15) is 11.5 Å². The highest BCUT2D eigenvalue weighted by molar-refractivity contribution is 5.77. The molecule has 100 valence electrons. The maximum Gasteiger partial charge on any atom is 0.258 e. The van der Waals surface area contributed by atoms with E-state index in [2.05, 4.69) is 10.5 Å². The standard InChI is InChI=1S/C13H13FN2O3/c1-9-6-10(16-19-9)7-15-13(17)8-18-12-5-3-2-4-11(12)14/h2-6H,7-8H2,1H3,(H,15,17). The minimum Gasteiger partial charge on any atom is -0.481 e. The fraction of sp³-hybridized carbons (Fsp3) is 0.231. The average molecular weight is 264 g/mol. The Labute approximate surface area is 109 Å². The molecule has 0 saturated carbocycles. The molecule has 0 spiro atoms. The molecule has 1 aromatic heterocycles. The number of amides is 1. The van der Waals surface area contributed by atoms with E-state index in [1.807, 2.05) is 0 Å². The third-order valence-corrected chi connectivity index (χ3v) is 2.34. The van der Waals surface area contributed by atoms with Crippen LogP contribution < -0.4 is 10.1 Å². The predicted molar refractivity (Wildman–Crippen MR) is 65.0 cm³/mol. The summed E-state index contributed by atoms with van der Waals surface area (Å²) in [6.45, 7) is 1.76. The van der Waals surface area contributed by atoms with E-state index < -0.39 is 5.82 Å². The second-order valence-electron chi connectivity index (χ2n) is 3.92. The zero-order valence-electron chi connectivity index (χ0n) is 10.4. The molecule has 6 heteroatoms. The van der Waals surface area contributed by atoms with Gasteiger partial charge in [0.1, 0.15) is 11.5 Å². The van der Waals surface area contributed by atoms with Gasteiger partial charge in [-0.15, -0.1) is 0 Å². The Morgan fingerprint density at radius 1 is 1.47 bits per heavy atom. The minimum atomic E-state index is -0.498. The molecule has 1 amide bonds. The first-order valence-electron chi connectivity index (χ1n) is 5.71. The SMILES string of the molecule is Cc1cc(CNC(=O)COc2ccccc2F)no1. The van der Waals surface area contributed by atoms with Crippen molar-refractivity contribution in [2.75, 3.05) is 6.61 Å². The normalized spacial score (nSPS) is 10.2. The molecule has 2 aromatic rings. The van der Waals surface area contributed by atoms with Crippen LogP contribution >= 0.6 is 0 Å². The van der Waals surface area contributed by atoms with Crippen LogP contribution in [0.4, 0.5) is 4.39 Å². The summed E-state index contributed by atoms with van der Waals surface area (Å²) in [5, 5.41) is 6.32. The number of aryl methyl sites for hydroxylation is 1. The first-order valence-corrected chi connectivity index (χ1v) is 5.71. The Kier molecular flexibility index (Phi) is 4.12. The van der Waals surface area contributed by atoms with Crippen LogP contribution in [0.2, 0.25) is 0 Å². The summed E-state index contributed by atoms with van der Waals surface area (Å²) >= 11 is 0. The lowest BCUT2D eigenvalue weighted by molar-refractivity contribution is -0.123. The molecule has 0 aliphatic carbocycles. The van der Waals surface area contributed by atoms with Gasteiger partial charge in [0.05, 0.1) is 6.54 Å². The Morgan fingerprint density at radius 3 is 2.95 bits per heavy atom. The van der Waals surface area contributed by atoms with Crippen molar-refractivity contribution < 1.29 is 18.4 Å². The van der Waals surface area contributed by atoms with Crippen LogP contribution in [0.25, 0.3) is 0 Å². The lowest BCUT2D eigenvalue weighted by Gasteiger charge is -2.06. The molecule has 1 heterocycles. The lowest BCUT2D eigenvalue weighted by Crippen LogP contribution is -2.28. The van der Waals surface area contributed by atoms with Gasteiger partial charge in [0.15, 0.2) is 18.2 Å². The Balaban J connectivity index is 1.77. The minimum absolute atomic E-state index is 0.0509. The van der Waals surface area contributed by atoms with Gasteiger partial charge in [-0.25, -0.2) is 4.39 Å². The summed E-state index contributed by atoms with van der Waals surface area (Å²) in [6, 6.07) is 7.64. The summed E-state index contributed by atoms with van der Waals surface area (Å²) in [5.74, 6) is -0.131. The highest BCUT2D eigenvalue weighted by Gasteiger charge is 2.07. The van der Waals surface area contributed by atoms with E-state index in [4.69, 9.17) is 9.26 Å². The van der Waals surface area contributed by atoms with Crippen LogP contribution in [0, 0.1) is 12.7 Å². The summed E-state index contributed by atoms with van der Waals surface area (Å²) in [4.78, 5) is 11.5. The Bertz CT molecular complexity index is 569. The number of rotatable bonds is 5. The molecular formula is C13H13FN2O3. The lowest BCUT2D eigenvalue weighted by atomic mass is 10.3. The number of halogens is 1. The molecular weight excluding hydrogens is 251 g/mol. The topological polar surface area (TPSA) is 64.4 Å². The fourth-order valence-corrected chi connectivity index (χ4v) is 1.45. The summed E-state index contributed by atoms with van der Waals surface area (Å²) < 4.78 is 23.1. The summed E-state index contributed by atoms with van der Waals surface area (Å²) in [7, 11) is 0. The number of benzene rings is 1. The number of carbonyl (C=O) groups is 1. The molecule has 0 saturated heterocycles. The number of carbonyl (C=O) groups excluding carboxylic acids is 1. The van der Waals surface area contributed by atoms with Crippen LogP contribution in [-0.2, 0) is 11.3 Å². The third-order valence-electron chi connectivity index (χ3n) is 2.34. The Morgan fingerprint density at radius 2 is 2.26 bits per heavy atom. The van der Waals surface area contributed by atoms with Crippen molar-refractivity contribution in [1.82, 2.24) is 10.5 Å². The van der Waals surface area contributed by atoms with E-state index in [1.165, 1.54) is 12.1 Å². The van der Waals surface area contributed by atoms with E-state index >= 15 is 0 Å². The Hall–Kier alpha value is -2.37. The fourth-order valence-electron chi connectivity index (χ4n) is 1.45. The number of para-hydroxylation sites is 1. The molecule has 2 rings (SSSR count). The molecule has 1 N–H and O–H groups in total. The van der Waals surface area contributed by atoms with Crippen LogP contribution in [0.5, 0.6) is 5.75 Å². The van der Waals surface area contributed by atoms with Gasteiger partial charge in [0, 0.05) is 6.07 Å². The first-order chi connectivity index (χ1) is 9.15. The molecule has 5 nitrogen and oxygen atoms in total. The van der Waals surface area contributed by atoms with Crippen molar-refractivity contribution >= 4 is 5.91 Å². The second kappa shape index (κ2) is 5.99. The van der Waals surface area contributed by atoms with Gasteiger partial charge in [0.2, 0.25) is 0 Å². The average Bonchev–Trinajstić information content (AvgIpc) is 2.81. The maximum absolute atomic E-state index is 13.2. The molecule has 0 radical (unpaired) electrons. The van der Waals surface area contributed by atoms with Crippen LogP contribution in [-0.4, -0.2) is 17.7 Å². The van der Waals surface area contributed by atoms with E-state index in [1.54, 1.807) is 25.1 Å². The number of nitrogens with zero attached hydrogens (tertiary/aromatic N) is 1. The molecule has 0 fully saturated rings. The van der Waals surface area contributed by atoms with Crippen LogP contribution in [0.3, 0.4) is 0 Å². The van der Waals surface area contributed by atoms with Gasteiger partial charge in [-0.1, -0.05) is 17.3 Å².